The van der Waals surface area contributed by atoms with Crippen LogP contribution in [-0.4, -0.2) is 38.6 Å². The van der Waals surface area contributed by atoms with Crippen LogP contribution < -0.4 is 0 Å². The van der Waals surface area contributed by atoms with Gasteiger partial charge in [-0.2, -0.15) is 0 Å². The van der Waals surface area contributed by atoms with E-state index in [1.54, 1.807) is 36.7 Å². The highest BCUT2D eigenvalue weighted by atomic mass is 16.5. The minimum absolute atomic E-state index is 0.354. The molecule has 36 heavy (non-hydrogen) atoms. The first-order valence-electron chi connectivity index (χ1n) is 11.5. The van der Waals surface area contributed by atoms with Gasteiger partial charge in [0.05, 0.1) is 38.4 Å². The van der Waals surface area contributed by atoms with Crippen molar-refractivity contribution in [2.75, 3.05) is 14.2 Å². The first-order valence-corrected chi connectivity index (χ1v) is 11.5. The lowest BCUT2D eigenvalue weighted by atomic mass is 10.0. The van der Waals surface area contributed by atoms with Crippen molar-refractivity contribution in [1.82, 2.24) is 0 Å². The Balaban J connectivity index is 2.07. The van der Waals surface area contributed by atoms with Crippen LogP contribution in [0.2, 0.25) is 0 Å². The summed E-state index contributed by atoms with van der Waals surface area (Å²) in [6, 6.07) is 14.4. The van der Waals surface area contributed by atoms with Gasteiger partial charge in [0.1, 0.15) is 0 Å². The molecule has 6 heteroatoms. The van der Waals surface area contributed by atoms with E-state index < -0.39 is 0 Å². The van der Waals surface area contributed by atoms with Gasteiger partial charge < -0.3 is 9.47 Å². The Labute approximate surface area is 213 Å². The van der Waals surface area contributed by atoms with E-state index in [0.29, 0.717) is 24.2 Å². The lowest BCUT2D eigenvalue weighted by Gasteiger charge is -2.03. The van der Waals surface area contributed by atoms with Gasteiger partial charge in [-0.1, -0.05) is 48.6 Å². The highest BCUT2D eigenvalue weighted by molar-refractivity contribution is 5.89. The second kappa shape index (κ2) is 15.6. The van der Waals surface area contributed by atoms with E-state index in [2.05, 4.69) is 9.98 Å². The van der Waals surface area contributed by atoms with Crippen LogP contribution >= 0.6 is 0 Å². The van der Waals surface area contributed by atoms with Crippen molar-refractivity contribution in [1.29, 1.82) is 0 Å². The molecule has 0 saturated carbocycles. The van der Waals surface area contributed by atoms with Gasteiger partial charge in [0.15, 0.2) is 0 Å². The first kappa shape index (κ1) is 27.9. The maximum absolute atomic E-state index is 11.5. The molecule has 2 aromatic carbocycles. The molecule has 186 valence electrons. The molecule has 0 aliphatic heterocycles. The van der Waals surface area contributed by atoms with E-state index in [9.17, 15) is 9.59 Å². The molecule has 0 aliphatic rings. The third-order valence-corrected chi connectivity index (χ3v) is 5.04. The zero-order valence-corrected chi connectivity index (χ0v) is 21.2. The predicted molar refractivity (Wildman–Crippen MR) is 146 cm³/mol. The number of allylic oxidation sites excluding steroid dienone is 8. The number of carbonyl (C=O) groups is 2. The molecule has 0 bridgehead atoms. The largest absolute Gasteiger partial charge is 0.465 e. The number of carbonyl (C=O) groups excluding carboxylic acids is 2. The molecular formula is C30H32N2O4. The zero-order chi connectivity index (χ0) is 26.2. The van der Waals surface area contributed by atoms with Crippen LogP contribution in [0.1, 0.15) is 45.7 Å². The smallest absolute Gasteiger partial charge is 0.337 e. The maximum Gasteiger partial charge on any atom is 0.337 e. The molecule has 0 spiro atoms. The van der Waals surface area contributed by atoms with Crippen LogP contribution in [0, 0.1) is 0 Å². The molecule has 2 aromatic rings. The Morgan fingerprint density at radius 1 is 0.667 bits per heavy atom. The van der Waals surface area contributed by atoms with Gasteiger partial charge >= 0.3 is 11.9 Å². The van der Waals surface area contributed by atoms with Gasteiger partial charge in [0.2, 0.25) is 0 Å². The molecule has 0 fully saturated rings. The van der Waals surface area contributed by atoms with Crippen molar-refractivity contribution in [3.63, 3.8) is 0 Å². The average molecular weight is 485 g/mol. The van der Waals surface area contributed by atoms with Crippen molar-refractivity contribution in [3.05, 3.63) is 118 Å². The number of hydrogen-bond donors (Lipinski definition) is 0. The minimum Gasteiger partial charge on any atom is -0.465 e. The lowest BCUT2D eigenvalue weighted by Crippen LogP contribution is -2.00. The summed E-state index contributed by atoms with van der Waals surface area (Å²) >= 11 is 0. The summed E-state index contributed by atoms with van der Waals surface area (Å²) in [5.74, 6) is -0.709. The summed E-state index contributed by atoms with van der Waals surface area (Å²) in [6.45, 7) is 4.93. The highest BCUT2D eigenvalue weighted by Crippen LogP contribution is 2.14. The Hall–Kier alpha value is -4.32. The van der Waals surface area contributed by atoms with Gasteiger partial charge in [-0.3, -0.25) is 9.98 Å². The molecule has 0 atom stereocenters. The summed E-state index contributed by atoms with van der Waals surface area (Å²) in [5, 5.41) is 0. The number of ether oxygens (including phenoxy) is 2. The van der Waals surface area contributed by atoms with Crippen LogP contribution in [0.4, 0.5) is 0 Å². The number of benzene rings is 2. The predicted octanol–water partition coefficient (Wildman–Crippen LogP) is 6.11. The molecule has 0 N–H and O–H groups in total. The SMILES string of the molecule is C\C=C/C(=C/C=N/Cc1ccc(C(=O)OC)cc1)C(/C=C\C)=C/C=N/Cc1ccc(C(=O)OC)cc1. The van der Waals surface area contributed by atoms with Gasteiger partial charge in [-0.05, 0) is 72.5 Å². The standard InChI is InChI=1S/C30H32N2O4/c1-5-7-25(17-19-31-21-23-9-13-27(14-10-23)29(33)35-3)26(8-6-2)18-20-32-22-24-11-15-28(16-12-24)30(34)36-4/h5-20H,21-22H2,1-4H3/b7-5-,8-6-,25-17-,26-18+,31-19+,32-20+. The fraction of sp³-hybridized carbons (Fsp3) is 0.200. The van der Waals surface area contributed by atoms with Crippen LogP contribution in [0.25, 0.3) is 0 Å². The van der Waals surface area contributed by atoms with Crippen LogP contribution in [0.15, 0.2) is 106 Å². The number of methoxy groups -OCH3 is 2. The minimum atomic E-state index is -0.354. The van der Waals surface area contributed by atoms with E-state index >= 15 is 0 Å². The van der Waals surface area contributed by atoms with Crippen molar-refractivity contribution in [3.8, 4) is 0 Å². The van der Waals surface area contributed by atoms with E-state index in [1.807, 2.05) is 74.6 Å². The van der Waals surface area contributed by atoms with Crippen LogP contribution in [0.3, 0.4) is 0 Å². The third kappa shape index (κ3) is 9.14. The molecule has 0 unspecified atom stereocenters. The van der Waals surface area contributed by atoms with Gasteiger partial charge in [-0.15, -0.1) is 0 Å². The molecule has 0 aliphatic carbocycles. The van der Waals surface area contributed by atoms with Crippen molar-refractivity contribution in [2.24, 2.45) is 9.98 Å². The Kier molecular flexibility index (Phi) is 12.1. The Morgan fingerprint density at radius 2 is 1.03 bits per heavy atom. The van der Waals surface area contributed by atoms with Gasteiger partial charge in [-0.25, -0.2) is 9.59 Å². The van der Waals surface area contributed by atoms with E-state index in [-0.39, 0.29) is 11.9 Å². The van der Waals surface area contributed by atoms with Crippen molar-refractivity contribution >= 4 is 24.4 Å². The fourth-order valence-electron chi connectivity index (χ4n) is 3.17. The molecular weight excluding hydrogens is 452 g/mol. The van der Waals surface area contributed by atoms with Gasteiger partial charge in [0.25, 0.3) is 0 Å². The third-order valence-electron chi connectivity index (χ3n) is 5.04. The maximum atomic E-state index is 11.5. The summed E-state index contributed by atoms with van der Waals surface area (Å²) in [7, 11) is 2.73. The van der Waals surface area contributed by atoms with Crippen molar-refractivity contribution in [2.45, 2.75) is 26.9 Å². The number of hydrogen-bond acceptors (Lipinski definition) is 6. The van der Waals surface area contributed by atoms with Crippen molar-refractivity contribution < 1.29 is 19.1 Å². The van der Waals surface area contributed by atoms with Gasteiger partial charge in [0, 0.05) is 12.4 Å². The second-order valence-corrected chi connectivity index (χ2v) is 7.60. The molecule has 0 radical (unpaired) electrons. The van der Waals surface area contributed by atoms with E-state index in [0.717, 1.165) is 22.3 Å². The molecule has 0 aromatic heterocycles. The summed E-state index contributed by atoms with van der Waals surface area (Å²) in [6.07, 6.45) is 15.4. The Morgan fingerprint density at radius 3 is 1.33 bits per heavy atom. The average Bonchev–Trinajstić information content (AvgIpc) is 2.92. The number of rotatable bonds is 11. The summed E-state index contributed by atoms with van der Waals surface area (Å²) in [4.78, 5) is 32.1. The van der Waals surface area contributed by atoms with E-state index in [1.165, 1.54) is 14.2 Å². The monoisotopic (exact) mass is 484 g/mol. The second-order valence-electron chi connectivity index (χ2n) is 7.60. The number of aliphatic imine (C=N–C) groups is 2. The fourth-order valence-corrected chi connectivity index (χ4v) is 3.17. The molecule has 0 amide bonds. The summed E-state index contributed by atoms with van der Waals surface area (Å²) < 4.78 is 9.44. The zero-order valence-electron chi connectivity index (χ0n) is 21.2. The quantitative estimate of drug-likeness (QED) is 0.219. The number of nitrogens with zero attached hydrogens (tertiary/aromatic N) is 2. The normalized spacial score (nSPS) is 12.8. The highest BCUT2D eigenvalue weighted by Gasteiger charge is 2.04. The van der Waals surface area contributed by atoms with E-state index in [4.69, 9.17) is 9.47 Å². The number of esters is 2. The van der Waals surface area contributed by atoms with Crippen LogP contribution in [0.5, 0.6) is 0 Å². The molecule has 0 heterocycles. The lowest BCUT2D eigenvalue weighted by molar-refractivity contribution is 0.0592. The molecule has 6 nitrogen and oxygen atoms in total. The summed E-state index contributed by atoms with van der Waals surface area (Å²) in [5.41, 5.74) is 5.01. The first-order chi connectivity index (χ1) is 17.5. The Bertz CT molecular complexity index is 1090. The topological polar surface area (TPSA) is 77.3 Å². The molecule has 2 rings (SSSR count). The molecule has 0 saturated heterocycles. The van der Waals surface area contributed by atoms with Crippen LogP contribution in [-0.2, 0) is 22.6 Å².